The molecular weight excluding hydrogens is 210 g/mol. The van der Waals surface area contributed by atoms with E-state index < -0.39 is 0 Å². The maximum atomic E-state index is 11.8. The Labute approximate surface area is 103 Å². The molecule has 1 aromatic rings. The second-order valence-electron chi connectivity index (χ2n) is 5.31. The molecule has 0 saturated heterocycles. The first kappa shape index (κ1) is 12.2. The van der Waals surface area contributed by atoms with E-state index in [4.69, 9.17) is 0 Å². The molecule has 1 aromatic carbocycles. The van der Waals surface area contributed by atoms with Crippen molar-refractivity contribution in [3.05, 3.63) is 35.4 Å². The highest BCUT2D eigenvalue weighted by molar-refractivity contribution is 5.76. The first-order chi connectivity index (χ1) is 8.16. The highest BCUT2D eigenvalue weighted by Crippen LogP contribution is 2.29. The summed E-state index contributed by atoms with van der Waals surface area (Å²) in [6.45, 7) is 4.16. The van der Waals surface area contributed by atoms with Gasteiger partial charge in [-0.2, -0.15) is 0 Å². The van der Waals surface area contributed by atoms with Gasteiger partial charge in [-0.3, -0.25) is 4.79 Å². The van der Waals surface area contributed by atoms with Crippen molar-refractivity contribution in [2.75, 3.05) is 0 Å². The predicted octanol–water partition coefficient (Wildman–Crippen LogP) is 3.23. The van der Waals surface area contributed by atoms with Gasteiger partial charge in [0.1, 0.15) is 0 Å². The van der Waals surface area contributed by atoms with Crippen LogP contribution in [0, 0.1) is 5.92 Å². The molecule has 1 N–H and O–H groups in total. The fraction of sp³-hybridized carbons (Fsp3) is 0.533. The number of hydrogen-bond acceptors (Lipinski definition) is 1. The fourth-order valence-electron chi connectivity index (χ4n) is 2.53. The van der Waals surface area contributed by atoms with Crippen LogP contribution in [0.3, 0.4) is 0 Å². The van der Waals surface area contributed by atoms with Crippen LogP contribution in [0.2, 0.25) is 0 Å². The van der Waals surface area contributed by atoms with E-state index in [-0.39, 0.29) is 11.9 Å². The molecule has 0 aliphatic heterocycles. The summed E-state index contributed by atoms with van der Waals surface area (Å²) in [7, 11) is 0. The van der Waals surface area contributed by atoms with Gasteiger partial charge in [0.2, 0.25) is 5.91 Å². The quantitative estimate of drug-likeness (QED) is 0.850. The highest BCUT2D eigenvalue weighted by Gasteiger charge is 2.21. The van der Waals surface area contributed by atoms with Gasteiger partial charge in [-0.05, 0) is 36.3 Å². The first-order valence-electron chi connectivity index (χ1n) is 6.54. The number of aryl methyl sites for hydroxylation is 1. The van der Waals surface area contributed by atoms with E-state index in [9.17, 15) is 4.79 Å². The number of nitrogens with one attached hydrogen (secondary N) is 1. The second-order valence-corrected chi connectivity index (χ2v) is 5.31. The van der Waals surface area contributed by atoms with E-state index in [1.54, 1.807) is 0 Å². The molecular formula is C15H21NO. The standard InChI is InChI=1S/C15H21NO/c1-11(2)10-15(17)16-14-9-5-7-12-6-3-4-8-13(12)14/h3-4,6,8,11,14H,5,7,9-10H2,1-2H3,(H,16,17). The summed E-state index contributed by atoms with van der Waals surface area (Å²) in [5.41, 5.74) is 2.71. The number of carbonyl (C=O) groups excluding carboxylic acids is 1. The Morgan fingerprint density at radius 2 is 2.18 bits per heavy atom. The third-order valence-corrected chi connectivity index (χ3v) is 3.30. The van der Waals surface area contributed by atoms with Gasteiger partial charge in [-0.15, -0.1) is 0 Å². The molecule has 0 radical (unpaired) electrons. The molecule has 2 nitrogen and oxygen atoms in total. The molecule has 0 fully saturated rings. The van der Waals surface area contributed by atoms with Crippen LogP contribution in [-0.2, 0) is 11.2 Å². The largest absolute Gasteiger partial charge is 0.349 e. The predicted molar refractivity (Wildman–Crippen MR) is 69.7 cm³/mol. The van der Waals surface area contributed by atoms with E-state index >= 15 is 0 Å². The van der Waals surface area contributed by atoms with E-state index in [2.05, 4.69) is 43.4 Å². The molecule has 0 heterocycles. The van der Waals surface area contributed by atoms with Crippen molar-refractivity contribution in [1.82, 2.24) is 5.32 Å². The van der Waals surface area contributed by atoms with Crippen LogP contribution in [-0.4, -0.2) is 5.91 Å². The van der Waals surface area contributed by atoms with Crippen LogP contribution in [0.1, 0.15) is 50.3 Å². The molecule has 2 heteroatoms. The van der Waals surface area contributed by atoms with Gasteiger partial charge in [-0.25, -0.2) is 0 Å². The van der Waals surface area contributed by atoms with E-state index in [0.717, 1.165) is 12.8 Å². The molecule has 1 unspecified atom stereocenters. The SMILES string of the molecule is CC(C)CC(=O)NC1CCCc2ccccc21. The summed E-state index contributed by atoms with van der Waals surface area (Å²) < 4.78 is 0. The van der Waals surface area contributed by atoms with Gasteiger partial charge in [0.15, 0.2) is 0 Å². The number of benzene rings is 1. The third kappa shape index (κ3) is 3.09. The van der Waals surface area contributed by atoms with Gasteiger partial charge < -0.3 is 5.32 Å². The Bertz CT molecular complexity index is 398. The summed E-state index contributed by atoms with van der Waals surface area (Å²) in [6.07, 6.45) is 4.01. The van der Waals surface area contributed by atoms with Crippen molar-refractivity contribution in [3.8, 4) is 0 Å². The van der Waals surface area contributed by atoms with Crippen molar-refractivity contribution in [2.24, 2.45) is 5.92 Å². The summed E-state index contributed by atoms with van der Waals surface area (Å²) >= 11 is 0. The number of fused-ring (bicyclic) bond motifs is 1. The Kier molecular flexibility index (Phi) is 3.82. The molecule has 1 aliphatic carbocycles. The summed E-state index contributed by atoms with van der Waals surface area (Å²) in [4.78, 5) is 11.8. The van der Waals surface area contributed by atoms with Crippen molar-refractivity contribution >= 4 is 5.91 Å². The average Bonchev–Trinajstić information content (AvgIpc) is 2.28. The summed E-state index contributed by atoms with van der Waals surface area (Å²) in [6, 6.07) is 8.69. The van der Waals surface area contributed by atoms with Gasteiger partial charge in [-0.1, -0.05) is 38.1 Å². The smallest absolute Gasteiger partial charge is 0.220 e. The van der Waals surface area contributed by atoms with Crippen LogP contribution in [0.4, 0.5) is 0 Å². The summed E-state index contributed by atoms with van der Waals surface area (Å²) in [5.74, 6) is 0.607. The Morgan fingerprint density at radius 3 is 2.94 bits per heavy atom. The van der Waals surface area contributed by atoms with Crippen LogP contribution in [0.5, 0.6) is 0 Å². The molecule has 0 bridgehead atoms. The highest BCUT2D eigenvalue weighted by atomic mass is 16.1. The van der Waals surface area contributed by atoms with Crippen molar-refractivity contribution in [3.63, 3.8) is 0 Å². The molecule has 0 saturated carbocycles. The lowest BCUT2D eigenvalue weighted by Gasteiger charge is -2.26. The summed E-state index contributed by atoms with van der Waals surface area (Å²) in [5, 5.41) is 3.17. The molecule has 1 atom stereocenters. The second kappa shape index (κ2) is 5.35. The van der Waals surface area contributed by atoms with Crippen LogP contribution in [0.25, 0.3) is 0 Å². The van der Waals surface area contributed by atoms with Crippen LogP contribution in [0.15, 0.2) is 24.3 Å². The molecule has 0 spiro atoms. The van der Waals surface area contributed by atoms with E-state index in [1.807, 2.05) is 0 Å². The van der Waals surface area contributed by atoms with Gasteiger partial charge in [0.05, 0.1) is 6.04 Å². The topological polar surface area (TPSA) is 29.1 Å². The molecule has 0 aromatic heterocycles. The van der Waals surface area contributed by atoms with Crippen LogP contribution >= 0.6 is 0 Å². The zero-order valence-electron chi connectivity index (χ0n) is 10.7. The zero-order chi connectivity index (χ0) is 12.3. The lowest BCUT2D eigenvalue weighted by molar-refractivity contribution is -0.122. The molecule has 92 valence electrons. The van der Waals surface area contributed by atoms with E-state index in [1.165, 1.54) is 17.5 Å². The Balaban J connectivity index is 2.06. The minimum Gasteiger partial charge on any atom is -0.349 e. The fourth-order valence-corrected chi connectivity index (χ4v) is 2.53. The van der Waals surface area contributed by atoms with E-state index in [0.29, 0.717) is 12.3 Å². The number of hydrogen-bond donors (Lipinski definition) is 1. The van der Waals surface area contributed by atoms with Crippen molar-refractivity contribution < 1.29 is 4.79 Å². The lowest BCUT2D eigenvalue weighted by Crippen LogP contribution is -2.31. The number of carbonyl (C=O) groups is 1. The number of amides is 1. The number of rotatable bonds is 3. The van der Waals surface area contributed by atoms with Crippen LogP contribution < -0.4 is 5.32 Å². The van der Waals surface area contributed by atoms with Crippen molar-refractivity contribution in [2.45, 2.75) is 45.6 Å². The Hall–Kier alpha value is -1.31. The molecule has 1 amide bonds. The Morgan fingerprint density at radius 1 is 1.41 bits per heavy atom. The lowest BCUT2D eigenvalue weighted by atomic mass is 9.87. The average molecular weight is 231 g/mol. The van der Waals surface area contributed by atoms with Gasteiger partial charge >= 0.3 is 0 Å². The third-order valence-electron chi connectivity index (χ3n) is 3.30. The molecule has 1 aliphatic rings. The normalized spacial score (nSPS) is 18.9. The van der Waals surface area contributed by atoms with Gasteiger partial charge in [0.25, 0.3) is 0 Å². The minimum absolute atomic E-state index is 0.182. The first-order valence-corrected chi connectivity index (χ1v) is 6.54. The molecule has 17 heavy (non-hydrogen) atoms. The van der Waals surface area contributed by atoms with Gasteiger partial charge in [0, 0.05) is 6.42 Å². The monoisotopic (exact) mass is 231 g/mol. The molecule has 2 rings (SSSR count). The van der Waals surface area contributed by atoms with Crippen molar-refractivity contribution in [1.29, 1.82) is 0 Å². The maximum absolute atomic E-state index is 11.8. The zero-order valence-corrected chi connectivity index (χ0v) is 10.7. The maximum Gasteiger partial charge on any atom is 0.220 e. The minimum atomic E-state index is 0.182.